The van der Waals surface area contributed by atoms with Crippen LogP contribution in [-0.4, -0.2) is 66.5 Å². The Morgan fingerprint density at radius 3 is 0.846 bits per heavy atom. The fraction of sp³-hybridized carbons (Fsp3) is 0.333. The van der Waals surface area contributed by atoms with Crippen molar-refractivity contribution in [1.29, 1.82) is 0 Å². The van der Waals surface area contributed by atoms with E-state index < -0.39 is 40.0 Å². The Morgan fingerprint density at radius 1 is 0.423 bits per heavy atom. The molecule has 0 saturated heterocycles. The van der Waals surface area contributed by atoms with Gasteiger partial charge in [-0.2, -0.15) is 0 Å². The lowest BCUT2D eigenvalue weighted by Crippen LogP contribution is -2.40. The molecule has 0 aromatic heterocycles. The molecule has 5 rings (SSSR count). The van der Waals surface area contributed by atoms with Gasteiger partial charge >= 0.3 is 23.9 Å². The van der Waals surface area contributed by atoms with E-state index in [0.717, 1.165) is 22.3 Å². The Morgan fingerprint density at radius 2 is 0.654 bits per heavy atom. The molecular weight excluding hydrogens is 689 g/mol. The number of hydrogen-bond donors (Lipinski definition) is 0. The minimum absolute atomic E-state index is 0.207. The highest BCUT2D eigenvalue weighted by atomic mass is 28.3. The van der Waals surface area contributed by atoms with Crippen molar-refractivity contribution in [3.63, 3.8) is 0 Å². The molecule has 0 unspecified atom stereocenters. The summed E-state index contributed by atoms with van der Waals surface area (Å²) in [5.74, 6) is -1.99. The van der Waals surface area contributed by atoms with E-state index in [2.05, 4.69) is 39.3 Å². The summed E-state index contributed by atoms with van der Waals surface area (Å²) in [6.07, 6.45) is 0. The van der Waals surface area contributed by atoms with Crippen molar-refractivity contribution in [2.45, 2.75) is 67.0 Å². The van der Waals surface area contributed by atoms with E-state index in [1.807, 2.05) is 48.5 Å². The Balaban J connectivity index is 1.81. The number of esters is 4. The summed E-state index contributed by atoms with van der Waals surface area (Å²) in [5.41, 5.74) is 7.90. The number of rotatable bonds is 12. The third-order valence-electron chi connectivity index (χ3n) is 9.10. The fourth-order valence-corrected chi connectivity index (χ4v) is 13.1. The predicted octanol–water partition coefficient (Wildman–Crippen LogP) is 9.58. The molecule has 0 N–H and O–H groups in total. The Hall–Kier alpha value is -4.81. The first-order valence-electron chi connectivity index (χ1n) is 17.9. The third kappa shape index (κ3) is 7.14. The van der Waals surface area contributed by atoms with Crippen LogP contribution in [0.2, 0.25) is 39.3 Å². The van der Waals surface area contributed by atoms with Crippen LogP contribution < -0.4 is 0 Å². The third-order valence-corrected chi connectivity index (χ3v) is 13.3. The molecule has 0 heterocycles. The van der Waals surface area contributed by atoms with Gasteiger partial charge in [0.05, 0.1) is 64.8 Å². The monoisotopic (exact) mass is 736 g/mol. The fourth-order valence-electron chi connectivity index (χ4n) is 7.06. The van der Waals surface area contributed by atoms with E-state index in [0.29, 0.717) is 44.5 Å². The molecule has 0 spiro atoms. The van der Waals surface area contributed by atoms with Crippen molar-refractivity contribution in [3.8, 4) is 22.3 Å². The quantitative estimate of drug-likeness (QED) is 0.0805. The minimum atomic E-state index is -1.95. The molecular formula is C42H48O8Si2. The van der Waals surface area contributed by atoms with Crippen LogP contribution in [0.3, 0.4) is 0 Å². The lowest BCUT2D eigenvalue weighted by Gasteiger charge is -2.43. The normalized spacial score (nSPS) is 13.3. The molecule has 0 amide bonds. The highest BCUT2D eigenvalue weighted by molar-refractivity contribution is 6.95. The molecule has 52 heavy (non-hydrogen) atoms. The molecule has 0 saturated carbocycles. The first-order valence-corrected chi connectivity index (χ1v) is 24.9. The summed E-state index contributed by atoms with van der Waals surface area (Å²) in [6, 6.07) is 18.8. The number of fused-ring (bicyclic) bond motifs is 2. The van der Waals surface area contributed by atoms with Gasteiger partial charge in [-0.15, -0.1) is 0 Å². The van der Waals surface area contributed by atoms with E-state index in [4.69, 9.17) is 18.9 Å². The zero-order valence-corrected chi connectivity index (χ0v) is 33.9. The van der Waals surface area contributed by atoms with Crippen LogP contribution in [0.25, 0.3) is 33.4 Å². The van der Waals surface area contributed by atoms with E-state index in [1.165, 1.54) is 10.4 Å². The van der Waals surface area contributed by atoms with Crippen LogP contribution in [0.15, 0.2) is 71.1 Å². The minimum Gasteiger partial charge on any atom is -0.462 e. The maximum atomic E-state index is 13.1. The smallest absolute Gasteiger partial charge is 0.338 e. The van der Waals surface area contributed by atoms with Crippen molar-refractivity contribution < 1.29 is 38.1 Å². The molecule has 10 heteroatoms. The largest absolute Gasteiger partial charge is 0.462 e. The van der Waals surface area contributed by atoms with Crippen molar-refractivity contribution in [3.05, 3.63) is 104 Å². The van der Waals surface area contributed by atoms with Crippen LogP contribution in [-0.2, 0) is 18.9 Å². The van der Waals surface area contributed by atoms with Gasteiger partial charge in [0.15, 0.2) is 0 Å². The van der Waals surface area contributed by atoms with Crippen molar-refractivity contribution in [1.82, 2.24) is 0 Å². The van der Waals surface area contributed by atoms with Crippen molar-refractivity contribution in [2.75, 3.05) is 26.4 Å². The van der Waals surface area contributed by atoms with Gasteiger partial charge in [-0.05, 0) is 84.4 Å². The SMILES string of the molecule is CCOC(=O)c1cc(C(=O)OCC)c2ccc(C3=C(c4ccc5c(C(=O)OCC)cc(C(=O)OCC)c-5cc4)C([Si](C)(C)C)=C3[Si](C)(C)C)ccc1-2. The second kappa shape index (κ2) is 15.0. The van der Waals surface area contributed by atoms with Gasteiger partial charge in [0, 0.05) is 0 Å². The second-order valence-corrected chi connectivity index (χ2v) is 24.7. The molecule has 0 fully saturated rings. The highest BCUT2D eigenvalue weighted by Gasteiger charge is 2.43. The van der Waals surface area contributed by atoms with Gasteiger partial charge in [-0.3, -0.25) is 0 Å². The van der Waals surface area contributed by atoms with Gasteiger partial charge in [0.1, 0.15) is 0 Å². The van der Waals surface area contributed by atoms with E-state index in [-0.39, 0.29) is 26.4 Å². The van der Waals surface area contributed by atoms with Gasteiger partial charge in [0.25, 0.3) is 0 Å². The standard InChI is InChI=1S/C42H48O8Si2/c1-11-47-39(43)31-23-32(40(44)48-12-2)28-20-16-25(15-19-27(28)31)35-36(38(52(8,9)10)37(35)51(5,6)7)26-17-21-29-30(22-18-26)34(42(46)50-14-4)24-33(29)41(45)49-13-3/h15-24H,11-14H2,1-10H3. The molecule has 0 aliphatic heterocycles. The number of hydrogen-bond acceptors (Lipinski definition) is 8. The van der Waals surface area contributed by atoms with Gasteiger partial charge < -0.3 is 18.9 Å². The Bertz CT molecular complexity index is 1820. The van der Waals surface area contributed by atoms with Gasteiger partial charge in [-0.25, -0.2) is 19.2 Å². The average Bonchev–Trinajstić information content (AvgIpc) is 3.43. The lowest BCUT2D eigenvalue weighted by molar-refractivity contribution is 0.0511. The molecule has 0 radical (unpaired) electrons. The molecule has 0 aromatic rings. The molecule has 5 aliphatic rings. The summed E-state index contributed by atoms with van der Waals surface area (Å²) in [5, 5.41) is 2.79. The van der Waals surface area contributed by atoms with Gasteiger partial charge in [0.2, 0.25) is 0 Å². The predicted molar refractivity (Wildman–Crippen MR) is 210 cm³/mol. The molecule has 8 nitrogen and oxygen atoms in total. The van der Waals surface area contributed by atoms with Crippen LogP contribution in [0, 0.1) is 0 Å². The molecule has 0 atom stereocenters. The van der Waals surface area contributed by atoms with Crippen LogP contribution >= 0.6 is 0 Å². The average molecular weight is 737 g/mol. The number of allylic oxidation sites excluding steroid dienone is 4. The summed E-state index contributed by atoms with van der Waals surface area (Å²) in [7, 11) is -3.90. The van der Waals surface area contributed by atoms with Crippen LogP contribution in [0.1, 0.15) is 80.3 Å². The van der Waals surface area contributed by atoms with Crippen LogP contribution in [0.4, 0.5) is 0 Å². The number of ether oxygens (including phenoxy) is 4. The molecule has 0 aromatic carbocycles. The van der Waals surface area contributed by atoms with Crippen molar-refractivity contribution >= 4 is 51.2 Å². The Labute approximate surface area is 308 Å². The second-order valence-electron chi connectivity index (χ2n) is 14.7. The maximum Gasteiger partial charge on any atom is 0.338 e. The summed E-state index contributed by atoms with van der Waals surface area (Å²) >= 11 is 0. The first-order chi connectivity index (χ1) is 24.6. The first kappa shape index (κ1) is 38.4. The highest BCUT2D eigenvalue weighted by Crippen LogP contribution is 2.54. The lowest BCUT2D eigenvalue weighted by atomic mass is 9.87. The molecule has 5 aliphatic carbocycles. The zero-order valence-electron chi connectivity index (χ0n) is 31.9. The zero-order chi connectivity index (χ0) is 38.1. The van der Waals surface area contributed by atoms with Gasteiger partial charge in [-0.1, -0.05) is 98.2 Å². The van der Waals surface area contributed by atoms with Crippen LogP contribution in [0.5, 0.6) is 0 Å². The topological polar surface area (TPSA) is 105 Å². The maximum absolute atomic E-state index is 13.1. The summed E-state index contributed by atoms with van der Waals surface area (Å²) in [6.45, 7) is 22.0. The van der Waals surface area contributed by atoms with Crippen molar-refractivity contribution in [2.24, 2.45) is 0 Å². The van der Waals surface area contributed by atoms with E-state index in [1.54, 1.807) is 39.8 Å². The molecule has 272 valence electrons. The Kier molecular flexibility index (Phi) is 11.1. The van der Waals surface area contributed by atoms with E-state index >= 15 is 0 Å². The molecule has 0 bridgehead atoms. The summed E-state index contributed by atoms with van der Waals surface area (Å²) in [4.78, 5) is 52.3. The number of carbonyl (C=O) groups is 4. The van der Waals surface area contributed by atoms with E-state index in [9.17, 15) is 19.2 Å². The summed E-state index contributed by atoms with van der Waals surface area (Å²) < 4.78 is 21.5. The number of carbonyl (C=O) groups excluding carboxylic acids is 4.